The van der Waals surface area contributed by atoms with E-state index in [1.807, 2.05) is 20.8 Å². The Morgan fingerprint density at radius 2 is 2.00 bits per heavy atom. The Balaban J connectivity index is 2.02. The van der Waals surface area contributed by atoms with Crippen molar-refractivity contribution in [2.75, 3.05) is 0 Å². The van der Waals surface area contributed by atoms with Gasteiger partial charge in [-0.25, -0.2) is 4.79 Å². The lowest BCUT2D eigenvalue weighted by atomic mass is 10.1. The van der Waals surface area contributed by atoms with Crippen molar-refractivity contribution in [3.8, 4) is 5.75 Å². The molecule has 1 aromatic heterocycles. The molecule has 0 bridgehead atoms. The molecule has 1 saturated heterocycles. The van der Waals surface area contributed by atoms with Crippen molar-refractivity contribution in [2.24, 2.45) is 0 Å². The molecular weight excluding hydrogens is 300 g/mol. The first kappa shape index (κ1) is 15.3. The van der Waals surface area contributed by atoms with Crippen LogP contribution in [0, 0.1) is 0 Å². The van der Waals surface area contributed by atoms with Crippen molar-refractivity contribution in [1.82, 2.24) is 9.88 Å². The summed E-state index contributed by atoms with van der Waals surface area (Å²) in [5.74, 6) is -0.856. The molecule has 2 amide bonds. The molecule has 1 atom stereocenters. The molecule has 0 radical (unpaired) electrons. The molecule has 7 heteroatoms. The molecule has 1 unspecified atom stereocenters. The monoisotopic (exact) mass is 318 g/mol. The number of hydrogen-bond donors (Lipinski definition) is 1. The summed E-state index contributed by atoms with van der Waals surface area (Å²) >= 11 is 0. The van der Waals surface area contributed by atoms with Crippen LogP contribution in [0.4, 0.5) is 0 Å². The quantitative estimate of drug-likeness (QED) is 0.852. The standard InChI is InChI=1S/C16H18N2O5/c1-16(2,3)23-9-4-5-10-12(8-9)22-15(21)18(10)11-6-7-13(19)17-14(11)20/h4-5,8,11H,6-7H2,1-3H3,(H,17,19,20). The number of imide groups is 1. The van der Waals surface area contributed by atoms with Gasteiger partial charge in [0.2, 0.25) is 11.8 Å². The fourth-order valence-electron chi connectivity index (χ4n) is 2.66. The largest absolute Gasteiger partial charge is 0.488 e. The molecular formula is C16H18N2O5. The molecule has 1 N–H and O–H groups in total. The van der Waals surface area contributed by atoms with Crippen LogP contribution in [0.3, 0.4) is 0 Å². The first-order valence-corrected chi connectivity index (χ1v) is 7.42. The van der Waals surface area contributed by atoms with E-state index in [0.717, 1.165) is 0 Å². The molecule has 1 aliphatic heterocycles. The van der Waals surface area contributed by atoms with Crippen LogP contribution < -0.4 is 15.8 Å². The van der Waals surface area contributed by atoms with Gasteiger partial charge < -0.3 is 9.15 Å². The number of rotatable bonds is 2. The lowest BCUT2D eigenvalue weighted by molar-refractivity contribution is -0.135. The number of nitrogens with zero attached hydrogens (tertiary/aromatic N) is 1. The number of carbonyl (C=O) groups excluding carboxylic acids is 2. The van der Waals surface area contributed by atoms with Crippen LogP contribution in [-0.2, 0) is 9.59 Å². The summed E-state index contributed by atoms with van der Waals surface area (Å²) in [4.78, 5) is 35.4. The maximum atomic E-state index is 12.2. The zero-order valence-electron chi connectivity index (χ0n) is 13.2. The number of carbonyl (C=O) groups is 2. The minimum atomic E-state index is -0.740. The third kappa shape index (κ3) is 2.99. The fraction of sp³-hybridized carbons (Fsp3) is 0.438. The van der Waals surface area contributed by atoms with E-state index in [-0.39, 0.29) is 24.3 Å². The topological polar surface area (TPSA) is 90.5 Å². The summed E-state index contributed by atoms with van der Waals surface area (Å²) < 4.78 is 12.3. The van der Waals surface area contributed by atoms with E-state index in [9.17, 15) is 14.4 Å². The van der Waals surface area contributed by atoms with Gasteiger partial charge in [-0.05, 0) is 39.3 Å². The van der Waals surface area contributed by atoms with Crippen LogP contribution in [0.5, 0.6) is 5.75 Å². The van der Waals surface area contributed by atoms with E-state index in [1.54, 1.807) is 18.2 Å². The number of fused-ring (bicyclic) bond motifs is 1. The maximum absolute atomic E-state index is 12.2. The Morgan fingerprint density at radius 3 is 2.65 bits per heavy atom. The van der Waals surface area contributed by atoms with Crippen LogP contribution in [-0.4, -0.2) is 22.0 Å². The predicted molar refractivity (Wildman–Crippen MR) is 82.3 cm³/mol. The molecule has 0 aliphatic carbocycles. The SMILES string of the molecule is CC(C)(C)Oc1ccc2c(c1)oc(=O)n2C1CCC(=O)NC1=O. The number of nitrogens with one attached hydrogen (secondary N) is 1. The second-order valence-corrected chi connectivity index (χ2v) is 6.55. The number of ether oxygens (including phenoxy) is 1. The molecule has 2 aromatic rings. The number of amides is 2. The molecule has 1 aliphatic rings. The van der Waals surface area contributed by atoms with E-state index in [1.165, 1.54) is 4.57 Å². The van der Waals surface area contributed by atoms with Gasteiger partial charge in [0, 0.05) is 12.5 Å². The molecule has 122 valence electrons. The van der Waals surface area contributed by atoms with Gasteiger partial charge >= 0.3 is 5.76 Å². The van der Waals surface area contributed by atoms with Crippen molar-refractivity contribution in [3.05, 3.63) is 28.7 Å². The highest BCUT2D eigenvalue weighted by Gasteiger charge is 2.31. The average Bonchev–Trinajstić information content (AvgIpc) is 2.72. The fourth-order valence-corrected chi connectivity index (χ4v) is 2.66. The minimum absolute atomic E-state index is 0.195. The average molecular weight is 318 g/mol. The van der Waals surface area contributed by atoms with Crippen molar-refractivity contribution in [1.29, 1.82) is 0 Å². The van der Waals surface area contributed by atoms with Gasteiger partial charge in [0.25, 0.3) is 0 Å². The highest BCUT2D eigenvalue weighted by molar-refractivity contribution is 6.00. The number of oxazole rings is 1. The zero-order valence-corrected chi connectivity index (χ0v) is 13.2. The molecule has 0 saturated carbocycles. The third-order valence-electron chi connectivity index (χ3n) is 3.53. The van der Waals surface area contributed by atoms with E-state index < -0.39 is 17.7 Å². The summed E-state index contributed by atoms with van der Waals surface area (Å²) in [5, 5.41) is 2.25. The summed E-state index contributed by atoms with van der Waals surface area (Å²) in [6.45, 7) is 5.76. The Hall–Kier alpha value is -2.57. The van der Waals surface area contributed by atoms with E-state index in [4.69, 9.17) is 9.15 Å². The zero-order chi connectivity index (χ0) is 16.8. The highest BCUT2D eigenvalue weighted by atomic mass is 16.5. The van der Waals surface area contributed by atoms with Gasteiger partial charge in [0.15, 0.2) is 5.58 Å². The second kappa shape index (κ2) is 5.26. The Kier molecular flexibility index (Phi) is 3.50. The number of aromatic nitrogens is 1. The van der Waals surface area contributed by atoms with Gasteiger partial charge in [-0.3, -0.25) is 19.5 Å². The number of piperidine rings is 1. The van der Waals surface area contributed by atoms with Gasteiger partial charge in [0.05, 0.1) is 5.52 Å². The molecule has 1 aromatic carbocycles. The normalized spacial score (nSPS) is 19.0. The van der Waals surface area contributed by atoms with Crippen LogP contribution in [0.15, 0.2) is 27.4 Å². The highest BCUT2D eigenvalue weighted by Crippen LogP contribution is 2.27. The lowest BCUT2D eigenvalue weighted by Gasteiger charge is -2.22. The maximum Gasteiger partial charge on any atom is 0.420 e. The Labute approximate surface area is 132 Å². The van der Waals surface area contributed by atoms with Crippen molar-refractivity contribution >= 4 is 22.9 Å². The first-order chi connectivity index (χ1) is 10.7. The number of hydrogen-bond acceptors (Lipinski definition) is 5. The second-order valence-electron chi connectivity index (χ2n) is 6.55. The molecule has 1 fully saturated rings. The van der Waals surface area contributed by atoms with Gasteiger partial charge in [-0.15, -0.1) is 0 Å². The third-order valence-corrected chi connectivity index (χ3v) is 3.53. The predicted octanol–water partition coefficient (Wildman–Crippen LogP) is 1.75. The van der Waals surface area contributed by atoms with Crippen molar-refractivity contribution < 1.29 is 18.7 Å². The van der Waals surface area contributed by atoms with Crippen molar-refractivity contribution in [3.63, 3.8) is 0 Å². The van der Waals surface area contributed by atoms with E-state index in [0.29, 0.717) is 16.8 Å². The van der Waals surface area contributed by atoms with Crippen LogP contribution in [0.2, 0.25) is 0 Å². The lowest BCUT2D eigenvalue weighted by Crippen LogP contribution is -2.43. The van der Waals surface area contributed by atoms with Gasteiger partial charge in [-0.2, -0.15) is 0 Å². The first-order valence-electron chi connectivity index (χ1n) is 7.42. The minimum Gasteiger partial charge on any atom is -0.488 e. The summed E-state index contributed by atoms with van der Waals surface area (Å²) in [5.41, 5.74) is 0.479. The van der Waals surface area contributed by atoms with E-state index in [2.05, 4.69) is 5.32 Å². The van der Waals surface area contributed by atoms with Gasteiger partial charge in [-0.1, -0.05) is 0 Å². The van der Waals surface area contributed by atoms with Gasteiger partial charge in [0.1, 0.15) is 17.4 Å². The Morgan fingerprint density at radius 1 is 1.26 bits per heavy atom. The Bertz CT molecular complexity index is 840. The molecule has 23 heavy (non-hydrogen) atoms. The van der Waals surface area contributed by atoms with Crippen molar-refractivity contribution in [2.45, 2.75) is 45.3 Å². The van der Waals surface area contributed by atoms with Crippen LogP contribution in [0.1, 0.15) is 39.7 Å². The summed E-state index contributed by atoms with van der Waals surface area (Å²) in [6.07, 6.45) is 0.472. The summed E-state index contributed by atoms with van der Waals surface area (Å²) in [6, 6.07) is 4.30. The molecule has 2 heterocycles. The smallest absolute Gasteiger partial charge is 0.420 e. The van der Waals surface area contributed by atoms with Crippen LogP contribution in [0.25, 0.3) is 11.1 Å². The van der Waals surface area contributed by atoms with E-state index >= 15 is 0 Å². The molecule has 7 nitrogen and oxygen atoms in total. The molecule has 0 spiro atoms. The number of benzene rings is 1. The molecule has 3 rings (SSSR count). The van der Waals surface area contributed by atoms with Crippen LogP contribution >= 0.6 is 0 Å². The summed E-state index contributed by atoms with van der Waals surface area (Å²) in [7, 11) is 0.